The van der Waals surface area contributed by atoms with Gasteiger partial charge in [0.2, 0.25) is 0 Å². The molecule has 1 aliphatic heterocycles. The van der Waals surface area contributed by atoms with Crippen molar-refractivity contribution in [2.24, 2.45) is 0 Å². The highest BCUT2D eigenvalue weighted by Gasteiger charge is 2.15. The van der Waals surface area contributed by atoms with Gasteiger partial charge in [-0.25, -0.2) is 0 Å². The molecule has 3 N–H and O–H groups in total. The zero-order valence-electron chi connectivity index (χ0n) is 8.09. The molecule has 0 aromatic heterocycles. The van der Waals surface area contributed by atoms with Crippen molar-refractivity contribution in [1.29, 1.82) is 0 Å². The number of hydrogen-bond acceptors (Lipinski definition) is 2. The van der Waals surface area contributed by atoms with Crippen LogP contribution in [0.15, 0.2) is 18.2 Å². The maximum Gasteiger partial charge on any atom is 0.0410 e. The average Bonchev–Trinajstić information content (AvgIpc) is 2.64. The van der Waals surface area contributed by atoms with Gasteiger partial charge in [-0.3, -0.25) is 0 Å². The lowest BCUT2D eigenvalue weighted by Crippen LogP contribution is -2.24. The topological polar surface area (TPSA) is 38.0 Å². The van der Waals surface area contributed by atoms with E-state index < -0.39 is 0 Å². The first-order chi connectivity index (χ1) is 6.75. The monoisotopic (exact) mass is 210 g/mol. The van der Waals surface area contributed by atoms with Crippen molar-refractivity contribution in [3.8, 4) is 0 Å². The molecule has 14 heavy (non-hydrogen) atoms. The summed E-state index contributed by atoms with van der Waals surface area (Å²) >= 11 is 5.93. The molecule has 1 saturated heterocycles. The molecule has 0 saturated carbocycles. The molecule has 1 unspecified atom stereocenters. The zero-order valence-corrected chi connectivity index (χ0v) is 8.85. The van der Waals surface area contributed by atoms with Crippen molar-refractivity contribution in [1.82, 2.24) is 5.32 Å². The maximum absolute atomic E-state index is 5.93. The molecule has 1 aromatic carbocycles. The summed E-state index contributed by atoms with van der Waals surface area (Å²) in [6, 6.07) is 6.27. The largest absolute Gasteiger partial charge is 0.399 e. The molecule has 3 heteroatoms. The molecule has 0 amide bonds. The van der Waals surface area contributed by atoms with E-state index in [4.69, 9.17) is 17.3 Å². The van der Waals surface area contributed by atoms with Crippen LogP contribution in [0.3, 0.4) is 0 Å². The van der Waals surface area contributed by atoms with Crippen LogP contribution >= 0.6 is 11.6 Å². The Kier molecular flexibility index (Phi) is 2.94. The summed E-state index contributed by atoms with van der Waals surface area (Å²) in [4.78, 5) is 0. The van der Waals surface area contributed by atoms with Crippen LogP contribution in [-0.4, -0.2) is 12.6 Å². The molecule has 1 heterocycles. The molecule has 2 rings (SSSR count). The quantitative estimate of drug-likeness (QED) is 0.735. The second kappa shape index (κ2) is 4.20. The Labute approximate surface area is 89.4 Å². The second-order valence-corrected chi connectivity index (χ2v) is 4.28. The molecule has 0 spiro atoms. The fraction of sp³-hybridized carbons (Fsp3) is 0.455. The summed E-state index contributed by atoms with van der Waals surface area (Å²) in [5.41, 5.74) is 7.90. The van der Waals surface area contributed by atoms with Gasteiger partial charge < -0.3 is 11.1 Å². The molecule has 1 atom stereocenters. The normalized spacial score (nSPS) is 21.4. The van der Waals surface area contributed by atoms with E-state index >= 15 is 0 Å². The summed E-state index contributed by atoms with van der Waals surface area (Å²) in [7, 11) is 0. The molecule has 2 nitrogen and oxygen atoms in total. The van der Waals surface area contributed by atoms with Crippen molar-refractivity contribution in [3.05, 3.63) is 28.8 Å². The van der Waals surface area contributed by atoms with Crippen molar-refractivity contribution in [3.63, 3.8) is 0 Å². The van der Waals surface area contributed by atoms with Crippen LogP contribution < -0.4 is 11.1 Å². The van der Waals surface area contributed by atoms with Gasteiger partial charge in [0.25, 0.3) is 0 Å². The molecule has 1 fully saturated rings. The number of rotatable bonds is 2. The molecule has 0 bridgehead atoms. The van der Waals surface area contributed by atoms with Gasteiger partial charge in [-0.15, -0.1) is 0 Å². The first kappa shape index (κ1) is 9.81. The van der Waals surface area contributed by atoms with Crippen LogP contribution in [0.4, 0.5) is 5.69 Å². The van der Waals surface area contributed by atoms with E-state index in [1.165, 1.54) is 12.8 Å². The minimum atomic E-state index is 0.579. The minimum absolute atomic E-state index is 0.579. The van der Waals surface area contributed by atoms with E-state index in [9.17, 15) is 0 Å². The summed E-state index contributed by atoms with van der Waals surface area (Å²) in [6.07, 6.45) is 3.50. The standard InChI is InChI=1S/C11H15ClN2/c12-9-3-4-11(13)8(6-9)7-10-2-1-5-14-10/h3-4,6,10,14H,1-2,5,7,13H2. The van der Waals surface area contributed by atoms with Gasteiger partial charge in [-0.1, -0.05) is 11.6 Å². The first-order valence-electron chi connectivity index (χ1n) is 5.03. The highest BCUT2D eigenvalue weighted by Crippen LogP contribution is 2.21. The number of nitrogen functional groups attached to an aromatic ring is 1. The van der Waals surface area contributed by atoms with E-state index in [1.807, 2.05) is 18.2 Å². The Hall–Kier alpha value is -0.730. The van der Waals surface area contributed by atoms with Crippen LogP contribution in [0, 0.1) is 0 Å². The van der Waals surface area contributed by atoms with E-state index in [-0.39, 0.29) is 0 Å². The third kappa shape index (κ3) is 2.20. The molecule has 76 valence electrons. The lowest BCUT2D eigenvalue weighted by atomic mass is 10.0. The summed E-state index contributed by atoms with van der Waals surface area (Å²) in [5.74, 6) is 0. The number of hydrogen-bond donors (Lipinski definition) is 2. The van der Waals surface area contributed by atoms with E-state index in [0.29, 0.717) is 6.04 Å². The van der Waals surface area contributed by atoms with Crippen LogP contribution in [0.2, 0.25) is 5.02 Å². The van der Waals surface area contributed by atoms with Crippen molar-refractivity contribution < 1.29 is 0 Å². The number of nitrogens with two attached hydrogens (primary N) is 1. The maximum atomic E-state index is 5.93. The van der Waals surface area contributed by atoms with Crippen LogP contribution in [0.5, 0.6) is 0 Å². The molecule has 1 aliphatic rings. The van der Waals surface area contributed by atoms with E-state index in [1.54, 1.807) is 0 Å². The van der Waals surface area contributed by atoms with Crippen LogP contribution in [-0.2, 0) is 6.42 Å². The van der Waals surface area contributed by atoms with E-state index in [2.05, 4.69) is 5.32 Å². The van der Waals surface area contributed by atoms with Gasteiger partial charge in [0.15, 0.2) is 0 Å². The Bertz CT molecular complexity index is 319. The van der Waals surface area contributed by atoms with Gasteiger partial charge in [-0.2, -0.15) is 0 Å². The van der Waals surface area contributed by atoms with Gasteiger partial charge in [-0.05, 0) is 49.6 Å². The third-order valence-corrected chi connectivity index (χ3v) is 2.97. The third-order valence-electron chi connectivity index (χ3n) is 2.73. The van der Waals surface area contributed by atoms with Crippen LogP contribution in [0.25, 0.3) is 0 Å². The number of nitrogens with one attached hydrogen (secondary N) is 1. The van der Waals surface area contributed by atoms with Gasteiger partial charge in [0, 0.05) is 16.8 Å². The average molecular weight is 211 g/mol. The fourth-order valence-corrected chi connectivity index (χ4v) is 2.14. The van der Waals surface area contributed by atoms with Crippen LogP contribution in [0.1, 0.15) is 18.4 Å². The number of halogens is 1. The molecular formula is C11H15ClN2. The predicted molar refractivity (Wildman–Crippen MR) is 60.6 cm³/mol. The second-order valence-electron chi connectivity index (χ2n) is 3.84. The lowest BCUT2D eigenvalue weighted by Gasteiger charge is -2.12. The molecule has 0 radical (unpaired) electrons. The summed E-state index contributed by atoms with van der Waals surface area (Å²) in [6.45, 7) is 1.13. The molecule has 1 aromatic rings. The van der Waals surface area contributed by atoms with Gasteiger partial charge in [0.1, 0.15) is 0 Å². The highest BCUT2D eigenvalue weighted by molar-refractivity contribution is 6.30. The predicted octanol–water partition coefficient (Wildman–Crippen LogP) is 2.22. The van der Waals surface area contributed by atoms with Crippen molar-refractivity contribution >= 4 is 17.3 Å². The van der Waals surface area contributed by atoms with Crippen molar-refractivity contribution in [2.45, 2.75) is 25.3 Å². The summed E-state index contributed by atoms with van der Waals surface area (Å²) < 4.78 is 0. The lowest BCUT2D eigenvalue weighted by molar-refractivity contribution is 0.604. The Balaban J connectivity index is 2.10. The number of anilines is 1. The Morgan fingerprint density at radius 1 is 1.50 bits per heavy atom. The number of benzene rings is 1. The first-order valence-corrected chi connectivity index (χ1v) is 5.41. The zero-order chi connectivity index (χ0) is 9.97. The molecular weight excluding hydrogens is 196 g/mol. The fourth-order valence-electron chi connectivity index (χ4n) is 1.95. The smallest absolute Gasteiger partial charge is 0.0410 e. The van der Waals surface area contributed by atoms with Gasteiger partial charge >= 0.3 is 0 Å². The summed E-state index contributed by atoms with van der Waals surface area (Å²) in [5, 5.41) is 4.22. The Morgan fingerprint density at radius 3 is 3.07 bits per heavy atom. The minimum Gasteiger partial charge on any atom is -0.399 e. The van der Waals surface area contributed by atoms with E-state index in [0.717, 1.165) is 29.2 Å². The van der Waals surface area contributed by atoms with Crippen molar-refractivity contribution in [2.75, 3.05) is 12.3 Å². The SMILES string of the molecule is Nc1ccc(Cl)cc1CC1CCCN1. The van der Waals surface area contributed by atoms with Gasteiger partial charge in [0.05, 0.1) is 0 Å². The highest BCUT2D eigenvalue weighted by atomic mass is 35.5. The Morgan fingerprint density at radius 2 is 2.36 bits per heavy atom. The molecule has 0 aliphatic carbocycles.